The fourth-order valence-electron chi connectivity index (χ4n) is 4.58. The molecule has 2 aliphatic rings. The van der Waals surface area contributed by atoms with Gasteiger partial charge >= 0.3 is 0 Å². The molecule has 2 aliphatic carbocycles. The summed E-state index contributed by atoms with van der Waals surface area (Å²) in [5.41, 5.74) is 8.97. The van der Waals surface area contributed by atoms with Crippen molar-refractivity contribution in [3.8, 4) is 5.69 Å². The van der Waals surface area contributed by atoms with Crippen LogP contribution in [-0.2, 0) is 0 Å². The first kappa shape index (κ1) is 18.9. The van der Waals surface area contributed by atoms with Gasteiger partial charge in [-0.3, -0.25) is 4.79 Å². The zero-order valence-electron chi connectivity index (χ0n) is 15.1. The minimum absolute atomic E-state index is 0. The highest BCUT2D eigenvalue weighted by Gasteiger charge is 2.39. The molecule has 2 aromatic rings. The number of halogens is 1. The second-order valence-corrected chi connectivity index (χ2v) is 7.69. The maximum Gasteiger partial charge on any atom is 0.251 e. The van der Waals surface area contributed by atoms with Crippen molar-refractivity contribution in [1.82, 2.24) is 15.1 Å². The summed E-state index contributed by atoms with van der Waals surface area (Å²) >= 11 is 0. The molecule has 0 aliphatic heterocycles. The van der Waals surface area contributed by atoms with E-state index in [1.165, 1.54) is 19.3 Å². The van der Waals surface area contributed by atoms with E-state index in [-0.39, 0.29) is 24.4 Å². The van der Waals surface area contributed by atoms with Gasteiger partial charge in [-0.2, -0.15) is 5.10 Å². The molecule has 1 amide bonds. The maximum absolute atomic E-state index is 12.7. The molecule has 0 saturated heterocycles. The minimum atomic E-state index is 0. The van der Waals surface area contributed by atoms with E-state index in [0.29, 0.717) is 23.4 Å². The molecule has 3 N–H and O–H groups in total. The Balaban J connectivity index is 0.00000196. The molecule has 140 valence electrons. The van der Waals surface area contributed by atoms with Crippen molar-refractivity contribution < 1.29 is 4.79 Å². The normalized spacial score (nSPS) is 27.5. The number of nitrogens with one attached hydrogen (secondary N) is 1. The quantitative estimate of drug-likeness (QED) is 0.866. The average molecular weight is 375 g/mol. The van der Waals surface area contributed by atoms with Crippen LogP contribution < -0.4 is 11.1 Å². The summed E-state index contributed by atoms with van der Waals surface area (Å²) in [5.74, 6) is 1.11. The van der Waals surface area contributed by atoms with Gasteiger partial charge in [-0.15, -0.1) is 12.4 Å². The molecule has 2 unspecified atom stereocenters. The molecule has 5 nitrogen and oxygen atoms in total. The van der Waals surface area contributed by atoms with E-state index in [9.17, 15) is 4.79 Å². The van der Waals surface area contributed by atoms with Crippen molar-refractivity contribution in [1.29, 1.82) is 0 Å². The zero-order valence-corrected chi connectivity index (χ0v) is 15.9. The van der Waals surface area contributed by atoms with Gasteiger partial charge in [-0.1, -0.05) is 6.42 Å². The van der Waals surface area contributed by atoms with Gasteiger partial charge in [0.05, 0.1) is 11.9 Å². The van der Waals surface area contributed by atoms with Crippen molar-refractivity contribution in [2.75, 3.05) is 0 Å². The SMILES string of the molecule is Cc1cnn(-c2ccc(C(=O)NC3C4CCCC3CC(N)C4)cc2)c1.Cl. The highest BCUT2D eigenvalue weighted by Crippen LogP contribution is 2.39. The van der Waals surface area contributed by atoms with Gasteiger partial charge in [0.2, 0.25) is 0 Å². The van der Waals surface area contributed by atoms with Gasteiger partial charge in [0, 0.05) is 23.8 Å². The molecule has 4 rings (SSSR count). The molecule has 1 heterocycles. The van der Waals surface area contributed by atoms with E-state index in [1.807, 2.05) is 48.3 Å². The van der Waals surface area contributed by atoms with E-state index < -0.39 is 0 Å². The lowest BCUT2D eigenvalue weighted by Gasteiger charge is -2.45. The Morgan fingerprint density at radius 3 is 2.42 bits per heavy atom. The summed E-state index contributed by atoms with van der Waals surface area (Å²) in [5, 5.41) is 7.61. The first-order chi connectivity index (χ1) is 12.1. The molecular weight excluding hydrogens is 348 g/mol. The molecule has 2 bridgehead atoms. The Morgan fingerprint density at radius 1 is 1.19 bits per heavy atom. The predicted octanol–water partition coefficient (Wildman–Crippen LogP) is 3.24. The second kappa shape index (κ2) is 7.80. The summed E-state index contributed by atoms with van der Waals surface area (Å²) in [6.45, 7) is 2.01. The van der Waals surface area contributed by atoms with Gasteiger partial charge in [0.1, 0.15) is 0 Å². The lowest BCUT2D eigenvalue weighted by molar-refractivity contribution is 0.0756. The van der Waals surface area contributed by atoms with Gasteiger partial charge in [0.25, 0.3) is 5.91 Å². The summed E-state index contributed by atoms with van der Waals surface area (Å²) in [4.78, 5) is 12.7. The molecular formula is C20H27ClN4O. The number of hydrogen-bond acceptors (Lipinski definition) is 3. The summed E-state index contributed by atoms with van der Waals surface area (Å²) in [7, 11) is 0. The number of rotatable bonds is 3. The van der Waals surface area contributed by atoms with Crippen LogP contribution in [0.15, 0.2) is 36.7 Å². The Labute approximate surface area is 160 Å². The first-order valence-corrected chi connectivity index (χ1v) is 9.28. The number of fused-ring (bicyclic) bond motifs is 2. The average Bonchev–Trinajstić information content (AvgIpc) is 3.02. The minimum Gasteiger partial charge on any atom is -0.349 e. The van der Waals surface area contributed by atoms with E-state index in [1.54, 1.807) is 0 Å². The summed E-state index contributed by atoms with van der Waals surface area (Å²) in [6.07, 6.45) is 9.53. The maximum atomic E-state index is 12.7. The summed E-state index contributed by atoms with van der Waals surface area (Å²) < 4.78 is 1.82. The number of carbonyl (C=O) groups is 1. The number of aryl methyl sites for hydroxylation is 1. The van der Waals surface area contributed by atoms with Gasteiger partial charge in [0.15, 0.2) is 0 Å². The number of benzene rings is 1. The van der Waals surface area contributed by atoms with Crippen molar-refractivity contribution in [3.63, 3.8) is 0 Å². The molecule has 2 atom stereocenters. The van der Waals surface area contributed by atoms with Crippen LogP contribution in [0.3, 0.4) is 0 Å². The Kier molecular flexibility index (Phi) is 5.68. The van der Waals surface area contributed by atoms with Crippen LogP contribution in [0.2, 0.25) is 0 Å². The number of hydrogen-bond donors (Lipinski definition) is 2. The van der Waals surface area contributed by atoms with Crippen molar-refractivity contribution >= 4 is 18.3 Å². The predicted molar refractivity (Wildman–Crippen MR) is 105 cm³/mol. The number of aromatic nitrogens is 2. The smallest absolute Gasteiger partial charge is 0.251 e. The lowest BCUT2D eigenvalue weighted by atomic mass is 9.67. The van der Waals surface area contributed by atoms with Gasteiger partial charge < -0.3 is 11.1 Å². The second-order valence-electron chi connectivity index (χ2n) is 7.69. The zero-order chi connectivity index (χ0) is 17.4. The third-order valence-corrected chi connectivity index (χ3v) is 5.78. The van der Waals surface area contributed by atoms with Crippen molar-refractivity contribution in [3.05, 3.63) is 47.8 Å². The molecule has 2 fully saturated rings. The van der Waals surface area contributed by atoms with E-state index in [0.717, 1.165) is 24.1 Å². The molecule has 0 spiro atoms. The Hall–Kier alpha value is -1.85. The summed E-state index contributed by atoms with van der Waals surface area (Å²) in [6, 6.07) is 8.24. The van der Waals surface area contributed by atoms with Crippen LogP contribution in [0.1, 0.15) is 48.0 Å². The highest BCUT2D eigenvalue weighted by molar-refractivity contribution is 5.94. The van der Waals surface area contributed by atoms with Crippen molar-refractivity contribution in [2.45, 2.75) is 51.1 Å². The fraction of sp³-hybridized carbons (Fsp3) is 0.500. The third-order valence-electron chi connectivity index (χ3n) is 5.78. The molecule has 0 radical (unpaired) electrons. The number of amides is 1. The monoisotopic (exact) mass is 374 g/mol. The topological polar surface area (TPSA) is 72.9 Å². The molecule has 6 heteroatoms. The van der Waals surface area contributed by atoms with Crippen LogP contribution >= 0.6 is 12.4 Å². The Bertz CT molecular complexity index is 743. The number of nitrogens with zero attached hydrogens (tertiary/aromatic N) is 2. The number of nitrogens with two attached hydrogens (primary N) is 1. The van der Waals surface area contributed by atoms with Crippen LogP contribution in [0.25, 0.3) is 5.69 Å². The Morgan fingerprint density at radius 2 is 1.85 bits per heavy atom. The lowest BCUT2D eigenvalue weighted by Crippen LogP contribution is -2.53. The highest BCUT2D eigenvalue weighted by atomic mass is 35.5. The van der Waals surface area contributed by atoms with Gasteiger partial charge in [-0.25, -0.2) is 4.68 Å². The molecule has 26 heavy (non-hydrogen) atoms. The third kappa shape index (κ3) is 3.79. The molecule has 1 aromatic heterocycles. The first-order valence-electron chi connectivity index (χ1n) is 9.28. The van der Waals surface area contributed by atoms with Gasteiger partial charge in [-0.05, 0) is 74.3 Å². The molecule has 1 aromatic carbocycles. The standard InChI is InChI=1S/C20H26N4O.ClH/c1-13-11-22-24(12-13)18-7-5-14(6-8-18)20(25)23-19-15-3-2-4-16(19)10-17(21)9-15;/h5-8,11-12,15-17,19H,2-4,9-10,21H2,1H3,(H,23,25);1H. The van der Waals surface area contributed by atoms with Crippen LogP contribution in [0.5, 0.6) is 0 Å². The largest absolute Gasteiger partial charge is 0.349 e. The van der Waals surface area contributed by atoms with Crippen LogP contribution in [0, 0.1) is 18.8 Å². The van der Waals surface area contributed by atoms with E-state index in [2.05, 4.69) is 10.4 Å². The van der Waals surface area contributed by atoms with Crippen LogP contribution in [-0.4, -0.2) is 27.8 Å². The number of carbonyl (C=O) groups excluding carboxylic acids is 1. The fourth-order valence-corrected chi connectivity index (χ4v) is 4.58. The van der Waals surface area contributed by atoms with E-state index in [4.69, 9.17) is 5.73 Å². The molecule has 2 saturated carbocycles. The van der Waals surface area contributed by atoms with E-state index >= 15 is 0 Å². The van der Waals surface area contributed by atoms with Crippen LogP contribution in [0.4, 0.5) is 0 Å². The van der Waals surface area contributed by atoms with Crippen molar-refractivity contribution in [2.24, 2.45) is 17.6 Å².